The van der Waals surface area contributed by atoms with Crippen molar-refractivity contribution in [3.8, 4) is 5.75 Å². The summed E-state index contributed by atoms with van der Waals surface area (Å²) < 4.78 is 5.52. The fourth-order valence-corrected chi connectivity index (χ4v) is 2.07. The van der Waals surface area contributed by atoms with Gasteiger partial charge in [-0.3, -0.25) is 4.79 Å². The Balaban J connectivity index is 2.36. The molecule has 3 N–H and O–H groups in total. The molecule has 1 aromatic rings. The Morgan fingerprint density at radius 3 is 3.06 bits per heavy atom. The molecule has 0 fully saturated rings. The van der Waals surface area contributed by atoms with Crippen LogP contribution in [0.3, 0.4) is 0 Å². The first-order chi connectivity index (χ1) is 7.59. The number of ether oxygens (including phenoxy) is 1. The number of fused-ring (bicyclic) bond motifs is 1. The van der Waals surface area contributed by atoms with Crippen LogP contribution < -0.4 is 10.5 Å². The molecule has 16 heavy (non-hydrogen) atoms. The van der Waals surface area contributed by atoms with E-state index >= 15 is 0 Å². The van der Waals surface area contributed by atoms with Gasteiger partial charge < -0.3 is 15.6 Å². The lowest BCUT2D eigenvalue weighted by molar-refractivity contribution is -0.139. The number of nitrogens with two attached hydrogens (primary N) is 1. The molecule has 1 aliphatic rings. The lowest BCUT2D eigenvalue weighted by atomic mass is 9.86. The van der Waals surface area contributed by atoms with Gasteiger partial charge in [0.25, 0.3) is 0 Å². The third kappa shape index (κ3) is 1.88. The number of aliphatic carboxylic acids is 1. The zero-order chi connectivity index (χ0) is 11.7. The summed E-state index contributed by atoms with van der Waals surface area (Å²) in [5, 5.41) is 8.95. The Kier molecular flexibility index (Phi) is 2.83. The topological polar surface area (TPSA) is 72.5 Å². The molecule has 0 aliphatic carbocycles. The number of aryl methyl sites for hydroxylation is 1. The van der Waals surface area contributed by atoms with Crippen molar-refractivity contribution in [2.45, 2.75) is 25.3 Å². The smallest absolute Gasteiger partial charge is 0.321 e. The molecule has 2 atom stereocenters. The van der Waals surface area contributed by atoms with E-state index in [0.29, 0.717) is 13.0 Å². The third-order valence-corrected chi connectivity index (χ3v) is 2.97. The van der Waals surface area contributed by atoms with Gasteiger partial charge in [-0.25, -0.2) is 0 Å². The van der Waals surface area contributed by atoms with Gasteiger partial charge in [0.05, 0.1) is 6.61 Å². The van der Waals surface area contributed by atoms with Crippen molar-refractivity contribution in [1.29, 1.82) is 0 Å². The lowest BCUT2D eigenvalue weighted by Gasteiger charge is -2.28. The Bertz CT molecular complexity index is 417. The van der Waals surface area contributed by atoms with Crippen LogP contribution >= 0.6 is 0 Å². The second kappa shape index (κ2) is 4.14. The van der Waals surface area contributed by atoms with E-state index in [2.05, 4.69) is 0 Å². The molecule has 2 unspecified atom stereocenters. The molecule has 1 aromatic carbocycles. The van der Waals surface area contributed by atoms with Gasteiger partial charge in [0.1, 0.15) is 11.8 Å². The fraction of sp³-hybridized carbons (Fsp3) is 0.417. The highest BCUT2D eigenvalue weighted by Crippen LogP contribution is 2.35. The molecule has 2 rings (SSSR count). The third-order valence-electron chi connectivity index (χ3n) is 2.97. The monoisotopic (exact) mass is 221 g/mol. The van der Waals surface area contributed by atoms with Crippen LogP contribution in [0.5, 0.6) is 5.75 Å². The van der Waals surface area contributed by atoms with Crippen molar-refractivity contribution in [2.24, 2.45) is 5.73 Å². The first kappa shape index (κ1) is 11.0. The predicted octanol–water partition coefficient (Wildman–Crippen LogP) is 1.27. The molecule has 0 radical (unpaired) electrons. The second-order valence-electron chi connectivity index (χ2n) is 4.15. The molecule has 0 spiro atoms. The maximum Gasteiger partial charge on any atom is 0.321 e. The van der Waals surface area contributed by atoms with Crippen molar-refractivity contribution in [3.05, 3.63) is 29.3 Å². The molecule has 1 aliphatic heterocycles. The SMILES string of the molecule is Cc1ccc2c(c1)OCCC2C(N)C(=O)O. The highest BCUT2D eigenvalue weighted by molar-refractivity contribution is 5.75. The van der Waals surface area contributed by atoms with Gasteiger partial charge in [-0.15, -0.1) is 0 Å². The van der Waals surface area contributed by atoms with E-state index in [1.165, 1.54) is 0 Å². The summed E-state index contributed by atoms with van der Waals surface area (Å²) in [6.07, 6.45) is 0.656. The zero-order valence-corrected chi connectivity index (χ0v) is 9.14. The maximum absolute atomic E-state index is 10.9. The summed E-state index contributed by atoms with van der Waals surface area (Å²) >= 11 is 0. The van der Waals surface area contributed by atoms with Gasteiger partial charge in [-0.2, -0.15) is 0 Å². The number of hydrogen-bond donors (Lipinski definition) is 2. The van der Waals surface area contributed by atoms with E-state index < -0.39 is 12.0 Å². The van der Waals surface area contributed by atoms with Gasteiger partial charge >= 0.3 is 5.97 Å². The molecule has 4 heteroatoms. The number of hydrogen-bond acceptors (Lipinski definition) is 3. The molecule has 0 aromatic heterocycles. The van der Waals surface area contributed by atoms with Crippen molar-refractivity contribution >= 4 is 5.97 Å². The molecule has 1 heterocycles. The van der Waals surface area contributed by atoms with Gasteiger partial charge in [0, 0.05) is 5.92 Å². The Morgan fingerprint density at radius 2 is 2.38 bits per heavy atom. The molecule has 0 saturated carbocycles. The summed E-state index contributed by atoms with van der Waals surface area (Å²) in [4.78, 5) is 10.9. The Morgan fingerprint density at radius 1 is 1.62 bits per heavy atom. The number of carbonyl (C=O) groups is 1. The minimum atomic E-state index is -0.960. The van der Waals surface area contributed by atoms with Crippen LogP contribution in [-0.2, 0) is 4.79 Å². The van der Waals surface area contributed by atoms with Gasteiger partial charge in [-0.05, 0) is 30.5 Å². The van der Waals surface area contributed by atoms with Crippen LogP contribution in [0.4, 0.5) is 0 Å². The number of benzene rings is 1. The first-order valence-corrected chi connectivity index (χ1v) is 5.31. The average Bonchev–Trinajstić information content (AvgIpc) is 2.26. The number of carboxylic acid groups (broad SMARTS) is 1. The minimum Gasteiger partial charge on any atom is -0.493 e. The van der Waals surface area contributed by atoms with Crippen LogP contribution in [0.25, 0.3) is 0 Å². The van der Waals surface area contributed by atoms with E-state index in [0.717, 1.165) is 16.9 Å². The zero-order valence-electron chi connectivity index (χ0n) is 9.14. The summed E-state index contributed by atoms with van der Waals surface area (Å²) in [5.74, 6) is -0.340. The molecule has 0 saturated heterocycles. The number of rotatable bonds is 2. The van der Waals surface area contributed by atoms with E-state index in [-0.39, 0.29) is 5.92 Å². The Hall–Kier alpha value is -1.55. The summed E-state index contributed by atoms with van der Waals surface area (Å²) in [5.41, 5.74) is 7.70. The first-order valence-electron chi connectivity index (χ1n) is 5.31. The summed E-state index contributed by atoms with van der Waals surface area (Å²) in [7, 11) is 0. The van der Waals surface area contributed by atoms with Crippen molar-refractivity contribution in [3.63, 3.8) is 0 Å². The van der Waals surface area contributed by atoms with E-state index in [9.17, 15) is 4.79 Å². The minimum absolute atomic E-state index is 0.151. The lowest BCUT2D eigenvalue weighted by Crippen LogP contribution is -2.38. The molecule has 0 bridgehead atoms. The van der Waals surface area contributed by atoms with Crippen LogP contribution in [0, 0.1) is 6.92 Å². The highest BCUT2D eigenvalue weighted by Gasteiger charge is 2.30. The standard InChI is InChI=1S/C12H15NO3/c1-7-2-3-8-9(11(13)12(14)15)4-5-16-10(8)6-7/h2-3,6,9,11H,4-5,13H2,1H3,(H,14,15). The van der Waals surface area contributed by atoms with E-state index in [4.69, 9.17) is 15.6 Å². The Labute approximate surface area is 94.0 Å². The molecule has 4 nitrogen and oxygen atoms in total. The van der Waals surface area contributed by atoms with E-state index in [1.807, 2.05) is 25.1 Å². The fourth-order valence-electron chi connectivity index (χ4n) is 2.07. The van der Waals surface area contributed by atoms with Crippen LogP contribution in [-0.4, -0.2) is 23.7 Å². The van der Waals surface area contributed by atoms with Crippen molar-refractivity contribution < 1.29 is 14.6 Å². The van der Waals surface area contributed by atoms with Crippen LogP contribution in [0.2, 0.25) is 0 Å². The molecule has 86 valence electrons. The van der Waals surface area contributed by atoms with E-state index in [1.54, 1.807) is 0 Å². The van der Waals surface area contributed by atoms with Crippen molar-refractivity contribution in [2.75, 3.05) is 6.61 Å². The molecular weight excluding hydrogens is 206 g/mol. The van der Waals surface area contributed by atoms with Crippen molar-refractivity contribution in [1.82, 2.24) is 0 Å². The normalized spacial score (nSPS) is 20.8. The largest absolute Gasteiger partial charge is 0.493 e. The predicted molar refractivity (Wildman–Crippen MR) is 59.6 cm³/mol. The number of carboxylic acids is 1. The van der Waals surface area contributed by atoms with Gasteiger partial charge in [0.15, 0.2) is 0 Å². The van der Waals surface area contributed by atoms with Gasteiger partial charge in [-0.1, -0.05) is 12.1 Å². The summed E-state index contributed by atoms with van der Waals surface area (Å²) in [6.45, 7) is 2.51. The quantitative estimate of drug-likeness (QED) is 0.788. The van der Waals surface area contributed by atoms with Crippen LogP contribution in [0.15, 0.2) is 18.2 Å². The van der Waals surface area contributed by atoms with Gasteiger partial charge in [0.2, 0.25) is 0 Å². The maximum atomic E-state index is 10.9. The second-order valence-corrected chi connectivity index (χ2v) is 4.15. The summed E-state index contributed by atoms with van der Waals surface area (Å²) in [6, 6.07) is 4.94. The highest BCUT2D eigenvalue weighted by atomic mass is 16.5. The average molecular weight is 221 g/mol. The molecular formula is C12H15NO3. The molecule has 0 amide bonds. The van der Waals surface area contributed by atoms with Crippen LogP contribution in [0.1, 0.15) is 23.5 Å².